The molecule has 2 aliphatic heterocycles. The van der Waals surface area contributed by atoms with E-state index in [0.717, 1.165) is 18.5 Å². The fourth-order valence-electron chi connectivity index (χ4n) is 4.83. The van der Waals surface area contributed by atoms with Crippen LogP contribution in [0.15, 0.2) is 42.7 Å². The molecule has 0 spiro atoms. The van der Waals surface area contributed by atoms with Crippen molar-refractivity contribution in [1.82, 2.24) is 14.5 Å². The molecule has 134 valence electrons. The first-order valence-corrected chi connectivity index (χ1v) is 9.63. The van der Waals surface area contributed by atoms with Crippen molar-refractivity contribution < 1.29 is 5.11 Å². The van der Waals surface area contributed by atoms with Gasteiger partial charge in [-0.05, 0) is 61.7 Å². The Morgan fingerprint density at radius 2 is 2.08 bits per heavy atom. The van der Waals surface area contributed by atoms with Crippen LogP contribution in [0.5, 0.6) is 0 Å². The molecule has 26 heavy (non-hydrogen) atoms. The third-order valence-corrected chi connectivity index (χ3v) is 6.18. The topological polar surface area (TPSA) is 41.3 Å². The lowest BCUT2D eigenvalue weighted by Gasteiger charge is -2.31. The van der Waals surface area contributed by atoms with Crippen LogP contribution in [0.25, 0.3) is 10.9 Å². The molecule has 3 aromatic rings. The van der Waals surface area contributed by atoms with Gasteiger partial charge in [-0.1, -0.05) is 11.6 Å². The van der Waals surface area contributed by atoms with Crippen LogP contribution >= 0.6 is 0 Å². The van der Waals surface area contributed by atoms with Crippen molar-refractivity contribution in [2.75, 3.05) is 6.54 Å². The second kappa shape index (κ2) is 6.22. The fraction of sp³-hybridized carbons (Fsp3) is 0.409. The lowest BCUT2D eigenvalue weighted by Crippen LogP contribution is -2.36. The molecule has 1 aromatic carbocycles. The van der Waals surface area contributed by atoms with E-state index in [4.69, 9.17) is 0 Å². The van der Waals surface area contributed by atoms with Gasteiger partial charge in [-0.2, -0.15) is 0 Å². The highest BCUT2D eigenvalue weighted by atomic mass is 16.3. The first-order valence-electron chi connectivity index (χ1n) is 9.63. The number of pyridine rings is 1. The summed E-state index contributed by atoms with van der Waals surface area (Å²) in [6.45, 7) is 5.04. The number of rotatable bonds is 3. The largest absolute Gasteiger partial charge is 0.387 e. The van der Waals surface area contributed by atoms with Crippen molar-refractivity contribution in [2.24, 2.45) is 0 Å². The fourth-order valence-corrected chi connectivity index (χ4v) is 4.83. The van der Waals surface area contributed by atoms with Gasteiger partial charge in [0.05, 0.1) is 12.6 Å². The van der Waals surface area contributed by atoms with E-state index in [0.29, 0.717) is 12.6 Å². The molecule has 0 amide bonds. The lowest BCUT2D eigenvalue weighted by atomic mass is 9.98. The molecule has 0 aliphatic carbocycles. The number of nitrogens with zero attached hydrogens (tertiary/aromatic N) is 3. The molecule has 1 fully saturated rings. The SMILES string of the molecule is Cc1ccc2c(c1)c1c(n2CC(O)c2ccncc2)CC2CCCN2C1. The van der Waals surface area contributed by atoms with Crippen LogP contribution < -0.4 is 0 Å². The van der Waals surface area contributed by atoms with Crippen molar-refractivity contribution in [3.05, 3.63) is 65.1 Å². The molecule has 2 atom stereocenters. The Balaban J connectivity index is 1.60. The van der Waals surface area contributed by atoms with Crippen molar-refractivity contribution in [3.8, 4) is 0 Å². The normalized spacial score (nSPS) is 20.9. The molecule has 1 saturated heterocycles. The lowest BCUT2D eigenvalue weighted by molar-refractivity contribution is 0.154. The van der Waals surface area contributed by atoms with Crippen molar-refractivity contribution in [2.45, 2.75) is 51.4 Å². The molecule has 4 nitrogen and oxygen atoms in total. The Hall–Kier alpha value is -2.17. The summed E-state index contributed by atoms with van der Waals surface area (Å²) >= 11 is 0. The first kappa shape index (κ1) is 16.0. The highest BCUT2D eigenvalue weighted by molar-refractivity contribution is 5.86. The molecule has 2 aliphatic rings. The van der Waals surface area contributed by atoms with Gasteiger partial charge in [0, 0.05) is 48.0 Å². The molecule has 2 aromatic heterocycles. The van der Waals surface area contributed by atoms with E-state index in [-0.39, 0.29) is 0 Å². The maximum atomic E-state index is 10.8. The number of hydrogen-bond acceptors (Lipinski definition) is 3. The highest BCUT2D eigenvalue weighted by Gasteiger charge is 2.33. The average molecular weight is 347 g/mol. The average Bonchev–Trinajstić information content (AvgIpc) is 3.23. The van der Waals surface area contributed by atoms with Gasteiger partial charge in [-0.15, -0.1) is 0 Å². The predicted octanol–water partition coefficient (Wildman–Crippen LogP) is 3.60. The molecule has 0 radical (unpaired) electrons. The van der Waals surface area contributed by atoms with Gasteiger partial charge in [0.1, 0.15) is 0 Å². The third kappa shape index (κ3) is 2.56. The Morgan fingerprint density at radius 1 is 1.23 bits per heavy atom. The van der Waals surface area contributed by atoms with Gasteiger partial charge in [-0.25, -0.2) is 0 Å². The molecule has 0 bridgehead atoms. The smallest absolute Gasteiger partial charge is 0.0970 e. The van der Waals surface area contributed by atoms with E-state index in [2.05, 4.69) is 39.6 Å². The Morgan fingerprint density at radius 3 is 2.92 bits per heavy atom. The number of aliphatic hydroxyl groups excluding tert-OH is 1. The van der Waals surface area contributed by atoms with Crippen LogP contribution in [-0.2, 0) is 19.5 Å². The number of fused-ring (bicyclic) bond motifs is 4. The Labute approximate surface area is 154 Å². The van der Waals surface area contributed by atoms with E-state index >= 15 is 0 Å². The zero-order chi connectivity index (χ0) is 17.7. The van der Waals surface area contributed by atoms with Crippen molar-refractivity contribution in [3.63, 3.8) is 0 Å². The third-order valence-electron chi connectivity index (χ3n) is 6.18. The number of hydrogen-bond donors (Lipinski definition) is 1. The second-order valence-corrected chi connectivity index (χ2v) is 7.82. The molecule has 4 heteroatoms. The summed E-state index contributed by atoms with van der Waals surface area (Å²) in [5.41, 5.74) is 6.40. The minimum Gasteiger partial charge on any atom is -0.387 e. The molecule has 4 heterocycles. The van der Waals surface area contributed by atoms with Crippen LogP contribution in [0, 0.1) is 6.92 Å². The summed E-state index contributed by atoms with van der Waals surface area (Å²) < 4.78 is 2.38. The van der Waals surface area contributed by atoms with Crippen molar-refractivity contribution >= 4 is 10.9 Å². The van der Waals surface area contributed by atoms with Gasteiger partial charge in [-0.3, -0.25) is 9.88 Å². The van der Waals surface area contributed by atoms with Gasteiger partial charge >= 0.3 is 0 Å². The number of aromatic nitrogens is 2. The standard InChI is InChI=1S/C22H25N3O/c1-15-4-5-20-18(11-15)19-13-24-10-2-3-17(24)12-21(19)25(20)14-22(26)16-6-8-23-9-7-16/h4-9,11,17,22,26H,2-3,10,12-14H2,1H3. The highest BCUT2D eigenvalue weighted by Crippen LogP contribution is 2.37. The summed E-state index contributed by atoms with van der Waals surface area (Å²) in [6, 6.07) is 11.2. The monoisotopic (exact) mass is 347 g/mol. The van der Waals surface area contributed by atoms with Crippen LogP contribution in [0.4, 0.5) is 0 Å². The van der Waals surface area contributed by atoms with Crippen LogP contribution in [0.3, 0.4) is 0 Å². The summed E-state index contributed by atoms with van der Waals surface area (Å²) in [7, 11) is 0. The van der Waals surface area contributed by atoms with E-state index in [1.807, 2.05) is 12.1 Å². The van der Waals surface area contributed by atoms with Gasteiger partial charge in [0.2, 0.25) is 0 Å². The molecular formula is C22H25N3O. The van der Waals surface area contributed by atoms with E-state index in [1.165, 1.54) is 47.1 Å². The number of benzene rings is 1. The molecule has 5 rings (SSSR count). The van der Waals surface area contributed by atoms with E-state index in [1.54, 1.807) is 12.4 Å². The minimum atomic E-state index is -0.513. The maximum absolute atomic E-state index is 10.8. The molecule has 2 unspecified atom stereocenters. The van der Waals surface area contributed by atoms with Crippen LogP contribution in [0.1, 0.15) is 41.3 Å². The molecular weight excluding hydrogens is 322 g/mol. The van der Waals surface area contributed by atoms with E-state index in [9.17, 15) is 5.11 Å². The Kier molecular flexibility index (Phi) is 3.84. The van der Waals surface area contributed by atoms with Gasteiger partial charge in [0.15, 0.2) is 0 Å². The second-order valence-electron chi connectivity index (χ2n) is 7.82. The van der Waals surface area contributed by atoms with Crippen molar-refractivity contribution in [1.29, 1.82) is 0 Å². The first-order chi connectivity index (χ1) is 12.7. The quantitative estimate of drug-likeness (QED) is 0.787. The van der Waals surface area contributed by atoms with Gasteiger partial charge < -0.3 is 9.67 Å². The van der Waals surface area contributed by atoms with Crippen LogP contribution in [-0.4, -0.2) is 32.1 Å². The predicted molar refractivity (Wildman–Crippen MR) is 103 cm³/mol. The van der Waals surface area contributed by atoms with E-state index < -0.39 is 6.10 Å². The summed E-state index contributed by atoms with van der Waals surface area (Å²) in [5.74, 6) is 0. The Bertz CT molecular complexity index is 947. The number of aliphatic hydroxyl groups is 1. The summed E-state index contributed by atoms with van der Waals surface area (Å²) in [6.07, 6.45) is 6.70. The maximum Gasteiger partial charge on any atom is 0.0970 e. The zero-order valence-corrected chi connectivity index (χ0v) is 15.2. The number of aryl methyl sites for hydroxylation is 1. The summed E-state index contributed by atoms with van der Waals surface area (Å²) in [4.78, 5) is 6.71. The summed E-state index contributed by atoms with van der Waals surface area (Å²) in [5, 5.41) is 12.2. The molecule has 0 saturated carbocycles. The zero-order valence-electron chi connectivity index (χ0n) is 15.2. The molecule has 1 N–H and O–H groups in total. The minimum absolute atomic E-state index is 0.513. The van der Waals surface area contributed by atoms with Crippen LogP contribution in [0.2, 0.25) is 0 Å². The van der Waals surface area contributed by atoms with Gasteiger partial charge in [0.25, 0.3) is 0 Å².